The zero-order chi connectivity index (χ0) is 19.2. The van der Waals surface area contributed by atoms with Gasteiger partial charge in [-0.2, -0.15) is 0 Å². The van der Waals surface area contributed by atoms with Gasteiger partial charge in [-0.05, 0) is 48.4 Å². The van der Waals surface area contributed by atoms with Crippen LogP contribution < -0.4 is 10.7 Å². The lowest BCUT2D eigenvalue weighted by Crippen LogP contribution is -2.21. The molecule has 4 rings (SSSR count). The van der Waals surface area contributed by atoms with Gasteiger partial charge in [0.1, 0.15) is 12.4 Å². The molecular weight excluding hydrogens is 342 g/mol. The van der Waals surface area contributed by atoms with E-state index in [1.54, 1.807) is 5.56 Å². The first-order chi connectivity index (χ1) is 13.9. The predicted molar refractivity (Wildman–Crippen MR) is 117 cm³/mol. The Morgan fingerprint density at radius 2 is 1.93 bits per heavy atom. The van der Waals surface area contributed by atoms with Gasteiger partial charge < -0.3 is 9.72 Å². The van der Waals surface area contributed by atoms with Crippen LogP contribution in [-0.2, 0) is 17.8 Å². The Labute approximate surface area is 169 Å². The van der Waals surface area contributed by atoms with Crippen LogP contribution in [0.15, 0.2) is 42.5 Å². The molecule has 1 atom stereocenters. The van der Waals surface area contributed by atoms with E-state index < -0.39 is 0 Å². The van der Waals surface area contributed by atoms with E-state index in [2.05, 4.69) is 60.5 Å². The smallest absolute Gasteiger partial charge is 0.143 e. The van der Waals surface area contributed by atoms with Crippen molar-refractivity contribution in [1.82, 2.24) is 4.98 Å². The number of hydrogen-bond acceptors (Lipinski definition) is 1. The van der Waals surface area contributed by atoms with E-state index in [1.165, 1.54) is 79.6 Å². The third-order valence-corrected chi connectivity index (χ3v) is 6.11. The first-order valence-corrected chi connectivity index (χ1v) is 11.2. The van der Waals surface area contributed by atoms with Gasteiger partial charge in [0, 0.05) is 11.3 Å². The molecule has 1 aromatic carbocycles. The quantitative estimate of drug-likeness (QED) is 0.578. The minimum atomic E-state index is 0.534. The monoisotopic (exact) mass is 375 g/mol. The summed E-state index contributed by atoms with van der Waals surface area (Å²) >= 11 is 0. The number of fused-ring (bicyclic) bond motifs is 3. The molecule has 0 aliphatic heterocycles. The van der Waals surface area contributed by atoms with Gasteiger partial charge >= 0.3 is 0 Å². The van der Waals surface area contributed by atoms with E-state index in [-0.39, 0.29) is 0 Å². The van der Waals surface area contributed by atoms with Crippen LogP contribution in [0, 0.1) is 0 Å². The van der Waals surface area contributed by atoms with Gasteiger partial charge in [-0.3, -0.25) is 0 Å². The predicted octanol–water partition coefficient (Wildman–Crippen LogP) is 5.47. The number of aromatic nitrogens is 1. The fraction of sp³-hybridized carbons (Fsp3) is 0.462. The van der Waals surface area contributed by atoms with Crippen LogP contribution >= 0.6 is 0 Å². The topological polar surface area (TPSA) is 25.0 Å². The molecule has 1 aromatic heterocycles. The lowest BCUT2D eigenvalue weighted by atomic mass is 9.86. The molecule has 28 heavy (non-hydrogen) atoms. The van der Waals surface area contributed by atoms with Gasteiger partial charge in [-0.1, -0.05) is 81.5 Å². The van der Waals surface area contributed by atoms with Gasteiger partial charge in [-0.15, -0.1) is 0 Å². The van der Waals surface area contributed by atoms with Gasteiger partial charge in [0.2, 0.25) is 0 Å². The van der Waals surface area contributed by atoms with Crippen LogP contribution in [0.25, 0.3) is 11.8 Å². The van der Waals surface area contributed by atoms with Gasteiger partial charge in [0.25, 0.3) is 0 Å². The van der Waals surface area contributed by atoms with Crippen LogP contribution in [0.2, 0.25) is 0 Å². The molecule has 148 valence electrons. The van der Waals surface area contributed by atoms with Gasteiger partial charge in [0.05, 0.1) is 5.35 Å². The highest BCUT2D eigenvalue weighted by atomic mass is 16.5. The van der Waals surface area contributed by atoms with Crippen molar-refractivity contribution in [3.05, 3.63) is 69.9 Å². The molecule has 2 aliphatic carbocycles. The van der Waals surface area contributed by atoms with Crippen molar-refractivity contribution in [3.63, 3.8) is 0 Å². The Morgan fingerprint density at radius 3 is 2.79 bits per heavy atom. The second kappa shape index (κ2) is 9.32. The Kier molecular flexibility index (Phi) is 6.36. The van der Waals surface area contributed by atoms with E-state index >= 15 is 0 Å². The number of benzene rings is 1. The van der Waals surface area contributed by atoms with Crippen LogP contribution in [0.4, 0.5) is 0 Å². The number of rotatable bonds is 9. The third-order valence-electron chi connectivity index (χ3n) is 6.11. The average molecular weight is 376 g/mol. The molecule has 0 fully saturated rings. The molecule has 0 radical (unpaired) electrons. The standard InChI is InChI=1S/C26H33NO/c1-2-3-4-5-9-14-21-17-18-24(28-19-20-12-7-6-8-13-20)26-25(21)22-15-10-11-16-23(22)27-26/h6-8,12-13,16-18,21,27H,2-5,9-11,14-15,19H2,1H3. The van der Waals surface area contributed by atoms with Crippen molar-refractivity contribution in [2.75, 3.05) is 0 Å². The maximum Gasteiger partial charge on any atom is 0.143 e. The molecule has 1 unspecified atom stereocenters. The molecule has 2 heteroatoms. The van der Waals surface area contributed by atoms with Crippen molar-refractivity contribution >= 4 is 11.8 Å². The molecule has 2 aliphatic rings. The minimum absolute atomic E-state index is 0.534. The zero-order valence-corrected chi connectivity index (χ0v) is 17.2. The molecule has 0 amide bonds. The molecule has 0 bridgehead atoms. The minimum Gasteiger partial charge on any atom is -0.487 e. The molecular formula is C26H33NO. The van der Waals surface area contributed by atoms with Crippen molar-refractivity contribution < 1.29 is 4.74 Å². The molecule has 1 N–H and O–H groups in total. The van der Waals surface area contributed by atoms with E-state index in [9.17, 15) is 0 Å². The summed E-state index contributed by atoms with van der Waals surface area (Å²) in [5.74, 6) is 1.54. The number of hydrogen-bond donors (Lipinski definition) is 1. The van der Waals surface area contributed by atoms with E-state index in [0.717, 1.165) is 5.76 Å². The normalized spacial score (nSPS) is 17.8. The SMILES string of the molecule is CCCCCCCC1C=CC(OCc2ccccc2)=c2[nH]c3c(c21)CCCC=3. The van der Waals surface area contributed by atoms with Crippen LogP contribution in [0.5, 0.6) is 0 Å². The third kappa shape index (κ3) is 4.27. The molecule has 2 nitrogen and oxygen atoms in total. The van der Waals surface area contributed by atoms with E-state index in [0.29, 0.717) is 12.5 Å². The first-order valence-electron chi connectivity index (χ1n) is 11.2. The molecule has 0 saturated heterocycles. The summed E-state index contributed by atoms with van der Waals surface area (Å²) in [5, 5.41) is 2.58. The summed E-state index contributed by atoms with van der Waals surface area (Å²) in [7, 11) is 0. The summed E-state index contributed by atoms with van der Waals surface area (Å²) in [6.07, 6.45) is 18.6. The summed E-state index contributed by atoms with van der Waals surface area (Å²) in [4.78, 5) is 3.71. The lowest BCUT2D eigenvalue weighted by molar-refractivity contribution is 0.262. The fourth-order valence-corrected chi connectivity index (χ4v) is 4.59. The highest BCUT2D eigenvalue weighted by molar-refractivity contribution is 5.57. The largest absolute Gasteiger partial charge is 0.487 e. The van der Waals surface area contributed by atoms with Crippen molar-refractivity contribution in [1.29, 1.82) is 0 Å². The molecule has 2 aromatic rings. The Bertz CT molecular complexity index is 919. The van der Waals surface area contributed by atoms with Gasteiger partial charge in [0.15, 0.2) is 0 Å². The number of ether oxygens (including phenoxy) is 1. The fourth-order valence-electron chi connectivity index (χ4n) is 4.59. The average Bonchev–Trinajstić information content (AvgIpc) is 3.13. The van der Waals surface area contributed by atoms with Crippen molar-refractivity contribution in [2.45, 2.75) is 77.2 Å². The number of aromatic amines is 1. The lowest BCUT2D eigenvalue weighted by Gasteiger charge is -2.20. The maximum absolute atomic E-state index is 6.26. The van der Waals surface area contributed by atoms with Crippen LogP contribution in [-0.4, -0.2) is 4.98 Å². The Hall–Kier alpha value is -2.22. The van der Waals surface area contributed by atoms with Crippen LogP contribution in [0.3, 0.4) is 0 Å². The zero-order valence-electron chi connectivity index (χ0n) is 17.2. The highest BCUT2D eigenvalue weighted by Crippen LogP contribution is 2.29. The maximum atomic E-state index is 6.26. The highest BCUT2D eigenvalue weighted by Gasteiger charge is 2.23. The number of H-pyrrole nitrogens is 1. The summed E-state index contributed by atoms with van der Waals surface area (Å²) in [6.45, 7) is 2.90. The number of unbranched alkanes of at least 4 members (excludes halogenated alkanes) is 4. The molecule has 0 saturated carbocycles. The molecule has 1 heterocycles. The Balaban J connectivity index is 1.57. The number of allylic oxidation sites excluding steroid dienone is 1. The van der Waals surface area contributed by atoms with Crippen molar-refractivity contribution in [3.8, 4) is 0 Å². The van der Waals surface area contributed by atoms with Crippen molar-refractivity contribution in [2.24, 2.45) is 0 Å². The van der Waals surface area contributed by atoms with E-state index in [1.807, 2.05) is 0 Å². The second-order valence-corrected chi connectivity index (χ2v) is 8.21. The van der Waals surface area contributed by atoms with E-state index in [4.69, 9.17) is 4.74 Å². The second-order valence-electron chi connectivity index (χ2n) is 8.21. The Morgan fingerprint density at radius 1 is 1.07 bits per heavy atom. The first kappa shape index (κ1) is 19.1. The summed E-state index contributed by atoms with van der Waals surface area (Å²) in [5.41, 5.74) is 4.28. The summed E-state index contributed by atoms with van der Waals surface area (Å²) in [6, 6.07) is 10.4. The molecule has 0 spiro atoms. The van der Waals surface area contributed by atoms with Crippen LogP contribution in [0.1, 0.15) is 80.9 Å². The summed E-state index contributed by atoms with van der Waals surface area (Å²) < 4.78 is 6.26. The van der Waals surface area contributed by atoms with Gasteiger partial charge in [-0.25, -0.2) is 0 Å². The number of nitrogens with one attached hydrogen (secondary N) is 1.